The van der Waals surface area contributed by atoms with Crippen LogP contribution in [0.15, 0.2) is 72.8 Å². The second-order valence-corrected chi connectivity index (χ2v) is 13.5. The third-order valence-corrected chi connectivity index (χ3v) is 12.1. The van der Waals surface area contributed by atoms with E-state index in [1.165, 1.54) is 43.9 Å². The van der Waals surface area contributed by atoms with Gasteiger partial charge in [0, 0.05) is 28.8 Å². The number of hydrogen-bond acceptors (Lipinski definition) is 2. The molecule has 0 bridgehead atoms. The van der Waals surface area contributed by atoms with E-state index < -0.39 is 7.14 Å². The molecule has 2 nitrogen and oxygen atoms in total. The van der Waals surface area contributed by atoms with Crippen molar-refractivity contribution in [3.8, 4) is 5.75 Å². The summed E-state index contributed by atoms with van der Waals surface area (Å²) in [6.45, 7) is 0. The molecular formula is C32H35O2P. The molecule has 3 heteroatoms. The lowest BCUT2D eigenvalue weighted by molar-refractivity contribution is 0.452. The topological polar surface area (TPSA) is 37.3 Å². The van der Waals surface area contributed by atoms with Gasteiger partial charge in [-0.15, -0.1) is 0 Å². The molecule has 2 fully saturated rings. The number of aromatic hydroxyl groups is 1. The first-order valence-electron chi connectivity index (χ1n) is 13.3. The van der Waals surface area contributed by atoms with E-state index in [0.717, 1.165) is 47.1 Å². The standard InChI is InChI=1S/C22H28OP.C10H7O/c23-24(20-11-3-1-4-12-20,21-13-5-2-6-14-21)22-16-15-18-9-7-8-10-19(18)17-22;11-10-6-5-8-3-1-2-4-9(8)7-10/h7-10,15-16,20-21H,1-6,11-14H2;1-6,11H. The summed E-state index contributed by atoms with van der Waals surface area (Å²) in [5.74, 6) is 0.198. The minimum atomic E-state index is -2.38. The van der Waals surface area contributed by atoms with Crippen LogP contribution < -0.4 is 5.30 Å². The zero-order valence-corrected chi connectivity index (χ0v) is 21.4. The van der Waals surface area contributed by atoms with Crippen molar-refractivity contribution in [2.45, 2.75) is 75.5 Å². The molecule has 35 heavy (non-hydrogen) atoms. The van der Waals surface area contributed by atoms with Crippen LogP contribution in [0.25, 0.3) is 21.5 Å². The number of fused-ring (bicyclic) bond motifs is 2. The molecule has 0 aromatic heterocycles. The highest BCUT2D eigenvalue weighted by Crippen LogP contribution is 2.61. The number of phenolic OH excluding ortho intramolecular Hbond substituents is 1. The first-order chi connectivity index (χ1) is 17.1. The van der Waals surface area contributed by atoms with Crippen molar-refractivity contribution in [1.29, 1.82) is 0 Å². The average molecular weight is 483 g/mol. The summed E-state index contributed by atoms with van der Waals surface area (Å²) in [5, 5.41) is 14.5. The third kappa shape index (κ3) is 5.34. The summed E-state index contributed by atoms with van der Waals surface area (Å²) in [7, 11) is -2.38. The van der Waals surface area contributed by atoms with Gasteiger partial charge in [0.15, 0.2) is 0 Å². The van der Waals surface area contributed by atoms with Crippen molar-refractivity contribution in [3.63, 3.8) is 0 Å². The van der Waals surface area contributed by atoms with Gasteiger partial charge >= 0.3 is 0 Å². The fourth-order valence-corrected chi connectivity index (χ4v) is 10.3. The highest BCUT2D eigenvalue weighted by atomic mass is 31.2. The largest absolute Gasteiger partial charge is 0.507 e. The molecule has 1 N–H and O–H groups in total. The summed E-state index contributed by atoms with van der Waals surface area (Å²) < 4.78 is 14.5. The van der Waals surface area contributed by atoms with E-state index in [1.54, 1.807) is 6.07 Å². The molecule has 2 radical (unpaired) electrons. The summed E-state index contributed by atoms with van der Waals surface area (Å²) >= 11 is 0. The van der Waals surface area contributed by atoms with E-state index in [2.05, 4.69) is 48.5 Å². The molecule has 2 saturated carbocycles. The van der Waals surface area contributed by atoms with E-state index >= 15 is 0 Å². The molecule has 4 aromatic rings. The van der Waals surface area contributed by atoms with E-state index in [0.29, 0.717) is 11.3 Å². The lowest BCUT2D eigenvalue weighted by Gasteiger charge is -2.38. The smallest absolute Gasteiger partial charge is 0.124 e. The Bertz CT molecular complexity index is 1290. The van der Waals surface area contributed by atoms with Crippen LogP contribution in [0.2, 0.25) is 0 Å². The zero-order valence-electron chi connectivity index (χ0n) is 20.5. The Morgan fingerprint density at radius 2 is 1.09 bits per heavy atom. The van der Waals surface area contributed by atoms with Crippen LogP contribution in [0, 0.1) is 12.1 Å². The Morgan fingerprint density at radius 3 is 1.66 bits per heavy atom. The first kappa shape index (κ1) is 24.1. The molecule has 0 amide bonds. The van der Waals surface area contributed by atoms with Crippen LogP contribution in [0.1, 0.15) is 64.2 Å². The van der Waals surface area contributed by atoms with Crippen LogP contribution >= 0.6 is 7.14 Å². The molecule has 0 spiro atoms. The minimum Gasteiger partial charge on any atom is -0.507 e. The van der Waals surface area contributed by atoms with Gasteiger partial charge in [-0.25, -0.2) is 0 Å². The lowest BCUT2D eigenvalue weighted by atomic mass is 9.99. The van der Waals surface area contributed by atoms with Crippen molar-refractivity contribution in [3.05, 3.63) is 84.9 Å². The third-order valence-electron chi connectivity index (χ3n) is 7.90. The lowest BCUT2D eigenvalue weighted by Crippen LogP contribution is -2.29. The number of phenols is 1. The predicted molar refractivity (Wildman–Crippen MR) is 148 cm³/mol. The SMILES string of the molecule is O=P(c1[c]c2ccccc2cc1)(C1CCCCC1)C1CCCCC1.Oc1[c]c2ccccc2cc1. The van der Waals surface area contributed by atoms with E-state index in [9.17, 15) is 4.57 Å². The molecule has 2 aliphatic carbocycles. The molecule has 0 unspecified atom stereocenters. The zero-order chi connectivity index (χ0) is 24.1. The number of benzene rings is 4. The van der Waals surface area contributed by atoms with Gasteiger partial charge in [-0.1, -0.05) is 105 Å². The molecule has 0 heterocycles. The van der Waals surface area contributed by atoms with Crippen molar-refractivity contribution in [2.24, 2.45) is 0 Å². The molecule has 0 atom stereocenters. The van der Waals surface area contributed by atoms with E-state index in [4.69, 9.17) is 5.11 Å². The highest BCUT2D eigenvalue weighted by Gasteiger charge is 2.42. The molecule has 0 saturated heterocycles. The van der Waals surface area contributed by atoms with Crippen LogP contribution in [0.3, 0.4) is 0 Å². The second kappa shape index (κ2) is 11.0. The van der Waals surface area contributed by atoms with Gasteiger partial charge in [-0.05, 0) is 53.3 Å². The van der Waals surface area contributed by atoms with Gasteiger partial charge in [-0.2, -0.15) is 0 Å². The molecule has 180 valence electrons. The quantitative estimate of drug-likeness (QED) is 0.297. The van der Waals surface area contributed by atoms with Gasteiger partial charge in [-0.3, -0.25) is 0 Å². The molecule has 0 aliphatic heterocycles. The summed E-state index contributed by atoms with van der Waals surface area (Å²) in [6, 6.07) is 30.5. The minimum absolute atomic E-state index is 0.198. The van der Waals surface area contributed by atoms with E-state index in [-0.39, 0.29) is 5.75 Å². The maximum atomic E-state index is 14.5. The second-order valence-electron chi connectivity index (χ2n) is 10.2. The van der Waals surface area contributed by atoms with Crippen molar-refractivity contribution >= 4 is 34.0 Å². The highest BCUT2D eigenvalue weighted by molar-refractivity contribution is 7.73. The van der Waals surface area contributed by atoms with E-state index in [1.807, 2.05) is 30.3 Å². The van der Waals surface area contributed by atoms with Crippen molar-refractivity contribution in [2.75, 3.05) is 0 Å². The van der Waals surface area contributed by atoms with Crippen molar-refractivity contribution in [1.82, 2.24) is 0 Å². The van der Waals surface area contributed by atoms with Gasteiger partial charge in [0.1, 0.15) is 12.9 Å². The van der Waals surface area contributed by atoms with Gasteiger partial charge in [0.05, 0.1) is 0 Å². The Balaban J connectivity index is 0.000000192. The molecule has 4 aromatic carbocycles. The fourth-order valence-electron chi connectivity index (χ4n) is 6.03. The Kier molecular flexibility index (Phi) is 7.59. The Hall–Kier alpha value is -2.57. The molecular weight excluding hydrogens is 447 g/mol. The Morgan fingerprint density at radius 1 is 0.600 bits per heavy atom. The summed E-state index contributed by atoms with van der Waals surface area (Å²) in [6.07, 6.45) is 12.3. The molecule has 2 aliphatic rings. The summed E-state index contributed by atoms with van der Waals surface area (Å²) in [5.41, 5.74) is 0.818. The number of rotatable bonds is 3. The van der Waals surface area contributed by atoms with Gasteiger partial charge in [0.2, 0.25) is 0 Å². The van der Waals surface area contributed by atoms with Crippen molar-refractivity contribution < 1.29 is 9.67 Å². The average Bonchev–Trinajstić information content (AvgIpc) is 2.93. The molecule has 6 rings (SSSR count). The van der Waals surface area contributed by atoms with Crippen LogP contribution in [-0.4, -0.2) is 16.4 Å². The van der Waals surface area contributed by atoms with Gasteiger partial charge in [0.25, 0.3) is 0 Å². The first-order valence-corrected chi connectivity index (χ1v) is 15.1. The maximum absolute atomic E-state index is 14.5. The monoisotopic (exact) mass is 482 g/mol. The van der Waals surface area contributed by atoms with Crippen LogP contribution in [-0.2, 0) is 4.57 Å². The Labute approximate surface area is 209 Å². The summed E-state index contributed by atoms with van der Waals surface area (Å²) in [4.78, 5) is 0. The predicted octanol–water partition coefficient (Wildman–Crippen LogP) is 8.64. The van der Waals surface area contributed by atoms with Crippen LogP contribution in [0.5, 0.6) is 5.75 Å². The van der Waals surface area contributed by atoms with Crippen LogP contribution in [0.4, 0.5) is 0 Å². The maximum Gasteiger partial charge on any atom is 0.124 e. The fraction of sp³-hybridized carbons (Fsp3) is 0.375. The van der Waals surface area contributed by atoms with Gasteiger partial charge < -0.3 is 9.67 Å². The normalized spacial score (nSPS) is 17.7. The number of hydrogen-bond donors (Lipinski definition) is 1.